The molecule has 2 rings (SSSR count). The van der Waals surface area contributed by atoms with Gasteiger partial charge in [0.15, 0.2) is 0 Å². The molecule has 1 aliphatic rings. The highest BCUT2D eigenvalue weighted by Gasteiger charge is 2.30. The Hall–Kier alpha value is -0.570. The lowest BCUT2D eigenvalue weighted by Crippen LogP contribution is -2.09. The molecule has 3 heteroatoms. The minimum atomic E-state index is -0.387. The Morgan fingerprint density at radius 2 is 2.31 bits per heavy atom. The standard InChI is InChI=1S/C10H12ClNO/c11-8-3-1-2-7-9(13)4-6(5-12)10(7)8/h1-3,6,9,13H,4-5,12H2. The Kier molecular flexibility index (Phi) is 2.28. The van der Waals surface area contributed by atoms with Gasteiger partial charge in [-0.3, -0.25) is 0 Å². The molecule has 2 unspecified atom stereocenters. The van der Waals surface area contributed by atoms with E-state index in [1.807, 2.05) is 18.2 Å². The van der Waals surface area contributed by atoms with Gasteiger partial charge in [0.1, 0.15) is 0 Å². The summed E-state index contributed by atoms with van der Waals surface area (Å²) in [6, 6.07) is 5.63. The Labute approximate surface area is 82.3 Å². The van der Waals surface area contributed by atoms with Crippen molar-refractivity contribution in [2.75, 3.05) is 6.54 Å². The van der Waals surface area contributed by atoms with Gasteiger partial charge in [0.25, 0.3) is 0 Å². The zero-order chi connectivity index (χ0) is 9.42. The summed E-state index contributed by atoms with van der Waals surface area (Å²) in [6.07, 6.45) is 0.317. The van der Waals surface area contributed by atoms with Gasteiger partial charge in [-0.05, 0) is 30.2 Å². The van der Waals surface area contributed by atoms with E-state index in [-0.39, 0.29) is 12.0 Å². The van der Waals surface area contributed by atoms with Gasteiger partial charge in [0, 0.05) is 10.9 Å². The van der Waals surface area contributed by atoms with Gasteiger partial charge in [-0.25, -0.2) is 0 Å². The summed E-state index contributed by atoms with van der Waals surface area (Å²) in [6.45, 7) is 0.549. The number of fused-ring (bicyclic) bond motifs is 1. The Balaban J connectivity index is 2.52. The van der Waals surface area contributed by atoms with Crippen LogP contribution in [0, 0.1) is 0 Å². The van der Waals surface area contributed by atoms with Gasteiger partial charge in [-0.1, -0.05) is 23.7 Å². The zero-order valence-electron chi connectivity index (χ0n) is 7.20. The first-order valence-electron chi connectivity index (χ1n) is 4.40. The van der Waals surface area contributed by atoms with Crippen molar-refractivity contribution in [1.29, 1.82) is 0 Å². The largest absolute Gasteiger partial charge is 0.388 e. The summed E-state index contributed by atoms with van der Waals surface area (Å²) < 4.78 is 0. The van der Waals surface area contributed by atoms with Crippen molar-refractivity contribution in [3.8, 4) is 0 Å². The number of aliphatic hydroxyl groups excluding tert-OH is 1. The molecule has 0 saturated carbocycles. The summed E-state index contributed by atoms with van der Waals surface area (Å²) in [5.74, 6) is 0.221. The van der Waals surface area contributed by atoms with E-state index >= 15 is 0 Å². The van der Waals surface area contributed by atoms with Crippen molar-refractivity contribution in [3.05, 3.63) is 34.3 Å². The SMILES string of the molecule is NCC1CC(O)c2cccc(Cl)c21. The van der Waals surface area contributed by atoms with E-state index in [0.29, 0.717) is 13.0 Å². The van der Waals surface area contributed by atoms with Crippen LogP contribution in [-0.2, 0) is 0 Å². The lowest BCUT2D eigenvalue weighted by atomic mass is 10.0. The minimum absolute atomic E-state index is 0.221. The third-order valence-corrected chi connectivity index (χ3v) is 2.98. The van der Waals surface area contributed by atoms with Crippen molar-refractivity contribution in [2.45, 2.75) is 18.4 Å². The summed E-state index contributed by atoms with van der Waals surface area (Å²) in [5.41, 5.74) is 7.60. The minimum Gasteiger partial charge on any atom is -0.388 e. The Morgan fingerprint density at radius 1 is 1.54 bits per heavy atom. The van der Waals surface area contributed by atoms with Crippen molar-refractivity contribution < 1.29 is 5.11 Å². The van der Waals surface area contributed by atoms with Gasteiger partial charge in [0.05, 0.1) is 6.10 Å². The van der Waals surface area contributed by atoms with Gasteiger partial charge in [-0.2, -0.15) is 0 Å². The topological polar surface area (TPSA) is 46.2 Å². The number of aliphatic hydroxyl groups is 1. The van der Waals surface area contributed by atoms with Gasteiger partial charge in [0.2, 0.25) is 0 Å². The second-order valence-electron chi connectivity index (χ2n) is 3.43. The van der Waals surface area contributed by atoms with E-state index in [9.17, 15) is 5.11 Å². The smallest absolute Gasteiger partial charge is 0.0799 e. The molecule has 0 heterocycles. The van der Waals surface area contributed by atoms with Crippen LogP contribution in [0.4, 0.5) is 0 Å². The van der Waals surface area contributed by atoms with Crippen LogP contribution in [0.3, 0.4) is 0 Å². The van der Waals surface area contributed by atoms with E-state index in [1.165, 1.54) is 0 Å². The van der Waals surface area contributed by atoms with E-state index in [4.69, 9.17) is 17.3 Å². The molecule has 1 aromatic rings. The van der Waals surface area contributed by atoms with Gasteiger partial charge >= 0.3 is 0 Å². The molecule has 0 radical (unpaired) electrons. The number of rotatable bonds is 1. The lowest BCUT2D eigenvalue weighted by Gasteiger charge is -2.08. The quantitative estimate of drug-likeness (QED) is 0.722. The predicted molar refractivity (Wildman–Crippen MR) is 52.8 cm³/mol. The van der Waals surface area contributed by atoms with Crippen molar-refractivity contribution in [1.82, 2.24) is 0 Å². The van der Waals surface area contributed by atoms with Crippen LogP contribution in [0.2, 0.25) is 5.02 Å². The number of hydrogen-bond acceptors (Lipinski definition) is 2. The summed E-state index contributed by atoms with van der Waals surface area (Å²) in [5, 5.41) is 10.4. The van der Waals surface area contributed by atoms with Crippen LogP contribution >= 0.6 is 11.6 Å². The molecular formula is C10H12ClNO. The molecule has 0 aromatic heterocycles. The molecule has 13 heavy (non-hydrogen) atoms. The third-order valence-electron chi connectivity index (χ3n) is 2.65. The molecule has 70 valence electrons. The zero-order valence-corrected chi connectivity index (χ0v) is 7.96. The number of hydrogen-bond donors (Lipinski definition) is 2. The second-order valence-corrected chi connectivity index (χ2v) is 3.83. The fourth-order valence-corrected chi connectivity index (χ4v) is 2.34. The van der Waals surface area contributed by atoms with Crippen molar-refractivity contribution in [3.63, 3.8) is 0 Å². The average molecular weight is 198 g/mol. The van der Waals surface area contributed by atoms with E-state index in [1.54, 1.807) is 0 Å². The molecule has 3 N–H and O–H groups in total. The molecule has 1 aliphatic carbocycles. The lowest BCUT2D eigenvalue weighted by molar-refractivity contribution is 0.173. The highest BCUT2D eigenvalue weighted by Crippen LogP contribution is 2.42. The first-order valence-corrected chi connectivity index (χ1v) is 4.78. The van der Waals surface area contributed by atoms with Crippen LogP contribution in [0.25, 0.3) is 0 Å². The molecule has 2 nitrogen and oxygen atoms in total. The van der Waals surface area contributed by atoms with E-state index in [0.717, 1.165) is 16.1 Å². The molecule has 0 fully saturated rings. The third kappa shape index (κ3) is 1.35. The predicted octanol–water partition coefficient (Wildman–Crippen LogP) is 1.82. The highest BCUT2D eigenvalue weighted by molar-refractivity contribution is 6.31. The maximum Gasteiger partial charge on any atom is 0.0799 e. The first kappa shape index (κ1) is 9.00. The van der Waals surface area contributed by atoms with Crippen molar-refractivity contribution >= 4 is 11.6 Å². The van der Waals surface area contributed by atoms with Crippen LogP contribution < -0.4 is 5.73 Å². The monoisotopic (exact) mass is 197 g/mol. The maximum absolute atomic E-state index is 9.69. The Morgan fingerprint density at radius 3 is 3.00 bits per heavy atom. The second kappa shape index (κ2) is 3.29. The average Bonchev–Trinajstić information content (AvgIpc) is 2.45. The number of halogens is 1. The maximum atomic E-state index is 9.69. The molecule has 0 aliphatic heterocycles. The normalized spacial score (nSPS) is 26.1. The first-order chi connectivity index (χ1) is 6.24. The summed E-state index contributed by atoms with van der Waals surface area (Å²) in [7, 11) is 0. The molecule has 0 saturated heterocycles. The number of benzene rings is 1. The van der Waals surface area contributed by atoms with Crippen molar-refractivity contribution in [2.24, 2.45) is 5.73 Å². The van der Waals surface area contributed by atoms with Crippen LogP contribution in [0.15, 0.2) is 18.2 Å². The molecule has 0 bridgehead atoms. The van der Waals surface area contributed by atoms with Crippen LogP contribution in [-0.4, -0.2) is 11.7 Å². The van der Waals surface area contributed by atoms with Gasteiger partial charge in [-0.15, -0.1) is 0 Å². The summed E-state index contributed by atoms with van der Waals surface area (Å²) >= 11 is 6.04. The molecule has 1 aromatic carbocycles. The fraction of sp³-hybridized carbons (Fsp3) is 0.400. The molecular weight excluding hydrogens is 186 g/mol. The van der Waals surface area contributed by atoms with Gasteiger partial charge < -0.3 is 10.8 Å². The fourth-order valence-electron chi connectivity index (χ4n) is 2.00. The van der Waals surface area contributed by atoms with E-state index in [2.05, 4.69) is 0 Å². The van der Waals surface area contributed by atoms with Crippen LogP contribution in [0.5, 0.6) is 0 Å². The Bertz CT molecular complexity index is 327. The number of nitrogens with two attached hydrogens (primary N) is 1. The van der Waals surface area contributed by atoms with Crippen LogP contribution in [0.1, 0.15) is 29.6 Å². The highest BCUT2D eigenvalue weighted by atomic mass is 35.5. The summed E-state index contributed by atoms with van der Waals surface area (Å²) in [4.78, 5) is 0. The van der Waals surface area contributed by atoms with E-state index < -0.39 is 0 Å². The molecule has 0 amide bonds. The molecule has 2 atom stereocenters. The molecule has 0 spiro atoms.